The maximum atomic E-state index is 13.2. The van der Waals surface area contributed by atoms with E-state index in [-0.39, 0.29) is 32.1 Å². The first-order valence-corrected chi connectivity index (χ1v) is 15.4. The maximum absolute atomic E-state index is 13.2. The number of ketones is 2. The van der Waals surface area contributed by atoms with Gasteiger partial charge in [-0.05, 0) is 22.9 Å². The van der Waals surface area contributed by atoms with E-state index in [1.54, 1.807) is 28.7 Å². The number of benzene rings is 3. The summed E-state index contributed by atoms with van der Waals surface area (Å²) in [6.07, 6.45) is 3.62. The second kappa shape index (κ2) is 8.32. The van der Waals surface area contributed by atoms with Crippen LogP contribution in [0.2, 0.25) is 0 Å². The minimum atomic E-state index is -0.192. The van der Waals surface area contributed by atoms with Crippen LogP contribution in [0.1, 0.15) is 25.6 Å². The minimum absolute atomic E-state index is 0.192. The molecular weight excluding hydrogens is 575 g/mol. The van der Waals surface area contributed by atoms with E-state index in [1.807, 2.05) is 48.7 Å². The van der Waals surface area contributed by atoms with Crippen LogP contribution in [0.3, 0.4) is 0 Å². The zero-order chi connectivity index (χ0) is 25.4. The third-order valence-electron chi connectivity index (χ3n) is 6.87. The molecular formula is C31H16N2O2S2Se. The second-order valence-electron chi connectivity index (χ2n) is 9.15. The van der Waals surface area contributed by atoms with Crippen molar-refractivity contribution in [2.45, 2.75) is 0 Å². The van der Waals surface area contributed by atoms with E-state index in [2.05, 4.69) is 47.4 Å². The fourth-order valence-corrected chi connectivity index (χ4v) is 9.64. The molecule has 6 aromatic rings. The van der Waals surface area contributed by atoms with Crippen molar-refractivity contribution in [1.82, 2.24) is 4.98 Å². The van der Waals surface area contributed by atoms with Gasteiger partial charge < -0.3 is 0 Å². The Hall–Kier alpha value is -3.87. The number of pyridine rings is 1. The van der Waals surface area contributed by atoms with Gasteiger partial charge in [0.05, 0.1) is 0 Å². The number of hydrogen-bond donors (Lipinski definition) is 0. The summed E-state index contributed by atoms with van der Waals surface area (Å²) in [5.74, 6) is 0.611. The van der Waals surface area contributed by atoms with E-state index in [1.165, 1.54) is 14.6 Å². The number of aromatic nitrogens is 1. The molecule has 4 nitrogen and oxygen atoms in total. The van der Waals surface area contributed by atoms with Gasteiger partial charge >= 0.3 is 186 Å². The third kappa shape index (κ3) is 3.30. The van der Waals surface area contributed by atoms with Crippen molar-refractivity contribution in [3.8, 4) is 0 Å². The topological polar surface area (TPSA) is 50.3 Å². The average molecular weight is 592 g/mol. The molecule has 3 aromatic heterocycles. The Morgan fingerprint density at radius 2 is 1.42 bits per heavy atom. The molecule has 2 aliphatic rings. The first-order chi connectivity index (χ1) is 18.6. The molecule has 0 atom stereocenters. The second-order valence-corrected chi connectivity index (χ2v) is 13.6. The zero-order valence-electron chi connectivity index (χ0n) is 19.7. The molecule has 0 bridgehead atoms. The van der Waals surface area contributed by atoms with Crippen LogP contribution in [-0.4, -0.2) is 31.5 Å². The predicted octanol–water partition coefficient (Wildman–Crippen LogP) is 6.41. The Labute approximate surface area is 232 Å². The van der Waals surface area contributed by atoms with Crippen molar-refractivity contribution in [1.29, 1.82) is 0 Å². The van der Waals surface area contributed by atoms with Gasteiger partial charge in [0, 0.05) is 0 Å². The Balaban J connectivity index is 1.18. The van der Waals surface area contributed by atoms with Gasteiger partial charge in [-0.3, -0.25) is 0 Å². The van der Waals surface area contributed by atoms with Crippen LogP contribution in [0.25, 0.3) is 26.2 Å². The fraction of sp³-hybridized carbons (Fsp3) is 0. The Morgan fingerprint density at radius 1 is 0.737 bits per heavy atom. The molecule has 38 heavy (non-hydrogen) atoms. The molecule has 8 rings (SSSR count). The number of fused-ring (bicyclic) bond motifs is 5. The van der Waals surface area contributed by atoms with Crippen LogP contribution in [0.5, 0.6) is 0 Å². The van der Waals surface area contributed by atoms with E-state index in [0.717, 1.165) is 35.9 Å². The molecule has 0 saturated carbocycles. The summed E-state index contributed by atoms with van der Waals surface area (Å²) < 4.78 is 4.87. The van der Waals surface area contributed by atoms with Gasteiger partial charge in [-0.25, -0.2) is 0 Å². The standard InChI is InChI=1S/C31H16N2O2S2Se/c34-29-20-12-17-6-1-2-7-18(17)13-21(20)30(35)22(29)14-19-15-24-25(36-19)16-28(37-24)33-23-8-3-4-9-26(23)38-27-10-5-11-32-31(27)33/h1-16H. The third-order valence-corrected chi connectivity index (χ3v) is 11.4. The van der Waals surface area contributed by atoms with Gasteiger partial charge in [-0.2, -0.15) is 0 Å². The number of anilines is 3. The molecule has 1 aliphatic carbocycles. The number of Topliss-reactive ketones (excluding diaryl/α,β-unsaturated/α-hetero) is 2. The van der Waals surface area contributed by atoms with Crippen molar-refractivity contribution < 1.29 is 9.59 Å². The molecule has 0 fully saturated rings. The molecule has 0 saturated heterocycles. The van der Waals surface area contributed by atoms with E-state index < -0.39 is 0 Å². The summed E-state index contributed by atoms with van der Waals surface area (Å²) in [4.78, 5) is 34.3. The van der Waals surface area contributed by atoms with Crippen molar-refractivity contribution in [3.63, 3.8) is 0 Å². The van der Waals surface area contributed by atoms with Crippen molar-refractivity contribution in [3.05, 3.63) is 113 Å². The number of thiophene rings is 2. The first-order valence-electron chi connectivity index (χ1n) is 12.0. The van der Waals surface area contributed by atoms with Crippen LogP contribution >= 0.6 is 22.7 Å². The molecule has 180 valence electrons. The molecule has 0 radical (unpaired) electrons. The predicted molar refractivity (Wildman–Crippen MR) is 158 cm³/mol. The van der Waals surface area contributed by atoms with Crippen LogP contribution in [0.4, 0.5) is 16.5 Å². The SMILES string of the molecule is O=C1C(=Cc2cc3sc(N4c5ccccc5[Se]c5cccnc54)cc3s2)C(=O)c2cc3ccccc3cc21. The summed E-state index contributed by atoms with van der Waals surface area (Å²) >= 11 is 3.52. The molecule has 1 aliphatic heterocycles. The number of carbonyl (C=O) groups excluding carboxylic acids is 2. The van der Waals surface area contributed by atoms with Gasteiger partial charge in [0.15, 0.2) is 0 Å². The van der Waals surface area contributed by atoms with Crippen LogP contribution in [-0.2, 0) is 0 Å². The number of carbonyl (C=O) groups is 2. The Kier molecular flexibility index (Phi) is 4.85. The molecule has 0 unspecified atom stereocenters. The normalized spacial score (nSPS) is 14.2. The number of rotatable bonds is 2. The number of hydrogen-bond acceptors (Lipinski definition) is 6. The number of allylic oxidation sites excluding steroid dienone is 1. The summed E-state index contributed by atoms with van der Waals surface area (Å²) in [6, 6.07) is 28.5. The summed E-state index contributed by atoms with van der Waals surface area (Å²) in [5, 5.41) is 3.05. The molecule has 7 heteroatoms. The smallest absolute Gasteiger partial charge is 0.0616 e. The number of para-hydroxylation sites is 1. The summed E-state index contributed by atoms with van der Waals surface area (Å²) in [5.41, 5.74) is 2.42. The van der Waals surface area contributed by atoms with E-state index >= 15 is 0 Å². The zero-order valence-corrected chi connectivity index (χ0v) is 23.0. The number of nitrogens with zero attached hydrogens (tertiary/aromatic N) is 2. The van der Waals surface area contributed by atoms with Gasteiger partial charge in [-0.15, -0.1) is 0 Å². The Morgan fingerprint density at radius 3 is 2.18 bits per heavy atom. The fourth-order valence-electron chi connectivity index (χ4n) is 5.12. The van der Waals surface area contributed by atoms with Crippen molar-refractivity contribution >= 4 is 101 Å². The summed E-state index contributed by atoms with van der Waals surface area (Å²) in [7, 11) is 0. The van der Waals surface area contributed by atoms with Crippen molar-refractivity contribution in [2.24, 2.45) is 0 Å². The molecule has 0 spiro atoms. The molecule has 4 heterocycles. The molecule has 0 amide bonds. The summed E-state index contributed by atoms with van der Waals surface area (Å²) in [6.45, 7) is 0. The Bertz CT molecular complexity index is 1890. The van der Waals surface area contributed by atoms with Crippen LogP contribution in [0.15, 0.2) is 96.7 Å². The van der Waals surface area contributed by atoms with Crippen LogP contribution < -0.4 is 13.8 Å². The monoisotopic (exact) mass is 592 g/mol. The van der Waals surface area contributed by atoms with E-state index in [0.29, 0.717) is 11.1 Å². The van der Waals surface area contributed by atoms with E-state index in [9.17, 15) is 9.59 Å². The van der Waals surface area contributed by atoms with Gasteiger partial charge in [0.2, 0.25) is 0 Å². The molecule has 3 aromatic carbocycles. The molecule has 0 N–H and O–H groups in total. The van der Waals surface area contributed by atoms with Crippen molar-refractivity contribution in [2.75, 3.05) is 4.90 Å². The van der Waals surface area contributed by atoms with Gasteiger partial charge in [0.25, 0.3) is 0 Å². The van der Waals surface area contributed by atoms with E-state index in [4.69, 9.17) is 4.98 Å². The van der Waals surface area contributed by atoms with Crippen LogP contribution in [0, 0.1) is 0 Å². The van der Waals surface area contributed by atoms with Gasteiger partial charge in [0.1, 0.15) is 0 Å². The average Bonchev–Trinajstić information content (AvgIpc) is 3.58. The minimum Gasteiger partial charge on any atom is -0.0616 e. The van der Waals surface area contributed by atoms with Gasteiger partial charge in [-0.1, -0.05) is 24.3 Å². The quantitative estimate of drug-likeness (QED) is 0.133. The first kappa shape index (κ1) is 22.1.